The van der Waals surface area contributed by atoms with Gasteiger partial charge in [0.25, 0.3) is 0 Å². The van der Waals surface area contributed by atoms with Crippen molar-refractivity contribution in [2.45, 2.75) is 45.3 Å². The van der Waals surface area contributed by atoms with Gasteiger partial charge in [-0.2, -0.15) is 10.2 Å². The van der Waals surface area contributed by atoms with Crippen LogP contribution in [0.15, 0.2) is 25.0 Å². The predicted octanol–water partition coefficient (Wildman–Crippen LogP) is 1.04. The van der Waals surface area contributed by atoms with E-state index >= 15 is 0 Å². The Bertz CT molecular complexity index is 605. The molecule has 1 saturated heterocycles. The van der Waals surface area contributed by atoms with Crippen LogP contribution in [0.4, 0.5) is 0 Å². The summed E-state index contributed by atoms with van der Waals surface area (Å²) >= 11 is 0. The van der Waals surface area contributed by atoms with Gasteiger partial charge < -0.3 is 4.90 Å². The fourth-order valence-corrected chi connectivity index (χ4v) is 2.87. The van der Waals surface area contributed by atoms with Crippen LogP contribution in [0.5, 0.6) is 0 Å². The predicted molar refractivity (Wildman–Crippen MR) is 76.4 cm³/mol. The van der Waals surface area contributed by atoms with Gasteiger partial charge >= 0.3 is 0 Å². The third kappa shape index (κ3) is 2.81. The lowest BCUT2D eigenvalue weighted by atomic mass is 10.2. The Morgan fingerprint density at radius 2 is 2.33 bits per heavy atom. The van der Waals surface area contributed by atoms with Crippen LogP contribution < -0.4 is 0 Å². The molecule has 1 fully saturated rings. The van der Waals surface area contributed by atoms with E-state index in [1.54, 1.807) is 11.0 Å². The maximum Gasteiger partial charge on any atom is 0.247 e. The lowest BCUT2D eigenvalue weighted by molar-refractivity contribution is -0.135. The topological polar surface area (TPSA) is 68.8 Å². The number of aromatic nitrogens is 5. The fraction of sp³-hybridized carbons (Fsp3) is 0.571. The van der Waals surface area contributed by atoms with E-state index in [1.807, 2.05) is 35.8 Å². The molecule has 7 nitrogen and oxygen atoms in total. The quantitative estimate of drug-likeness (QED) is 0.843. The number of likely N-dealkylation sites (tertiary alicyclic amines) is 1. The van der Waals surface area contributed by atoms with Crippen LogP contribution in [-0.4, -0.2) is 47.9 Å². The third-order valence-electron chi connectivity index (χ3n) is 4.01. The van der Waals surface area contributed by atoms with Crippen molar-refractivity contribution in [3.05, 3.63) is 30.6 Å². The number of carbonyl (C=O) groups excluding carboxylic acids is 1. The second-order valence-corrected chi connectivity index (χ2v) is 5.62. The Morgan fingerprint density at radius 3 is 3.00 bits per heavy atom. The first-order chi connectivity index (χ1) is 10.1. The number of aryl methyl sites for hydroxylation is 1. The van der Waals surface area contributed by atoms with Gasteiger partial charge in [0.15, 0.2) is 0 Å². The van der Waals surface area contributed by atoms with Crippen LogP contribution in [0.1, 0.15) is 31.4 Å². The maximum atomic E-state index is 12.7. The highest BCUT2D eigenvalue weighted by atomic mass is 16.2. The minimum atomic E-state index is -0.313. The smallest absolute Gasteiger partial charge is 0.247 e. The molecule has 0 unspecified atom stereocenters. The molecule has 1 amide bonds. The molecule has 3 heterocycles. The fourth-order valence-electron chi connectivity index (χ4n) is 2.87. The van der Waals surface area contributed by atoms with Gasteiger partial charge in [0.2, 0.25) is 5.91 Å². The van der Waals surface area contributed by atoms with E-state index in [4.69, 9.17) is 0 Å². The summed E-state index contributed by atoms with van der Waals surface area (Å²) in [5.41, 5.74) is 1.14. The number of amides is 1. The first-order valence-electron chi connectivity index (χ1n) is 7.29. The average molecular weight is 288 g/mol. The van der Waals surface area contributed by atoms with Crippen molar-refractivity contribution in [2.24, 2.45) is 0 Å². The highest BCUT2D eigenvalue weighted by Gasteiger charge is 2.32. The lowest BCUT2D eigenvalue weighted by Crippen LogP contribution is -2.41. The average Bonchev–Trinajstić information content (AvgIpc) is 3.19. The van der Waals surface area contributed by atoms with Crippen molar-refractivity contribution in [1.82, 2.24) is 29.4 Å². The number of rotatable bonds is 4. The summed E-state index contributed by atoms with van der Waals surface area (Å²) in [6, 6.07) is -0.102. The first kappa shape index (κ1) is 13.8. The Labute approximate surface area is 123 Å². The van der Waals surface area contributed by atoms with Gasteiger partial charge in [-0.3, -0.25) is 9.48 Å². The van der Waals surface area contributed by atoms with Crippen molar-refractivity contribution < 1.29 is 4.79 Å². The molecule has 2 aromatic rings. The minimum Gasteiger partial charge on any atom is -0.336 e. The molecule has 0 spiro atoms. The zero-order valence-electron chi connectivity index (χ0n) is 12.4. The Balaban J connectivity index is 1.70. The molecule has 0 aromatic carbocycles. The van der Waals surface area contributed by atoms with E-state index in [0.717, 1.165) is 31.5 Å². The van der Waals surface area contributed by atoms with Crippen molar-refractivity contribution >= 4 is 5.91 Å². The normalized spacial score (nSPS) is 19.9. The molecular formula is C14H20N6O. The van der Waals surface area contributed by atoms with Crippen LogP contribution in [0.2, 0.25) is 0 Å². The number of hydrogen-bond acceptors (Lipinski definition) is 4. The van der Waals surface area contributed by atoms with Crippen LogP contribution in [0, 0.1) is 6.92 Å². The number of carbonyl (C=O) groups is 1. The van der Waals surface area contributed by atoms with Gasteiger partial charge in [0, 0.05) is 12.7 Å². The maximum absolute atomic E-state index is 12.7. The number of nitrogens with zero attached hydrogens (tertiary/aromatic N) is 6. The summed E-state index contributed by atoms with van der Waals surface area (Å²) in [6.07, 6.45) is 8.97. The van der Waals surface area contributed by atoms with Crippen molar-refractivity contribution in [3.63, 3.8) is 0 Å². The molecule has 2 aromatic heterocycles. The van der Waals surface area contributed by atoms with Crippen molar-refractivity contribution in [2.75, 3.05) is 6.54 Å². The van der Waals surface area contributed by atoms with Crippen LogP contribution in [-0.2, 0) is 11.3 Å². The number of hydrogen-bond donors (Lipinski definition) is 0. The van der Waals surface area contributed by atoms with Gasteiger partial charge in [-0.15, -0.1) is 0 Å². The molecule has 1 aliphatic rings. The monoisotopic (exact) mass is 288 g/mol. The first-order valence-corrected chi connectivity index (χ1v) is 7.29. The van der Waals surface area contributed by atoms with E-state index in [1.165, 1.54) is 6.33 Å². The highest BCUT2D eigenvalue weighted by molar-refractivity contribution is 5.80. The largest absolute Gasteiger partial charge is 0.336 e. The van der Waals surface area contributed by atoms with Crippen molar-refractivity contribution in [3.8, 4) is 0 Å². The van der Waals surface area contributed by atoms with E-state index in [0.29, 0.717) is 0 Å². The minimum absolute atomic E-state index is 0.104. The Hall–Kier alpha value is -2.18. The molecule has 0 N–H and O–H groups in total. The van der Waals surface area contributed by atoms with Gasteiger partial charge in [-0.05, 0) is 32.3 Å². The molecule has 0 bridgehead atoms. The molecule has 0 saturated carbocycles. The molecule has 0 radical (unpaired) electrons. The van der Waals surface area contributed by atoms with Crippen LogP contribution in [0.3, 0.4) is 0 Å². The summed E-state index contributed by atoms with van der Waals surface area (Å²) < 4.78 is 3.53. The molecule has 2 atom stereocenters. The zero-order valence-corrected chi connectivity index (χ0v) is 12.4. The van der Waals surface area contributed by atoms with Crippen LogP contribution >= 0.6 is 0 Å². The van der Waals surface area contributed by atoms with E-state index in [-0.39, 0.29) is 18.0 Å². The molecule has 112 valence electrons. The second kappa shape index (κ2) is 5.67. The van der Waals surface area contributed by atoms with Gasteiger partial charge in [0.1, 0.15) is 18.7 Å². The standard InChI is InChI=1S/C14H20N6O/c1-11-6-16-18(7-11)8-13-4-3-5-19(13)14(21)12(2)20-10-15-9-17-20/h6-7,9-10,12-13H,3-5,8H2,1-2H3/t12-,13-/m0/s1. The SMILES string of the molecule is Cc1cnn(C[C@@H]2CCCN2C(=O)[C@H](C)n2cncn2)c1. The lowest BCUT2D eigenvalue weighted by Gasteiger charge is -2.27. The zero-order chi connectivity index (χ0) is 14.8. The summed E-state index contributed by atoms with van der Waals surface area (Å²) in [6.45, 7) is 5.45. The summed E-state index contributed by atoms with van der Waals surface area (Å²) in [5.74, 6) is 0.104. The Kier molecular flexibility index (Phi) is 3.72. The van der Waals surface area contributed by atoms with E-state index in [9.17, 15) is 4.79 Å². The van der Waals surface area contributed by atoms with Crippen molar-refractivity contribution in [1.29, 1.82) is 0 Å². The van der Waals surface area contributed by atoms with E-state index < -0.39 is 0 Å². The summed E-state index contributed by atoms with van der Waals surface area (Å²) in [4.78, 5) is 18.5. The Morgan fingerprint density at radius 1 is 1.48 bits per heavy atom. The summed E-state index contributed by atoms with van der Waals surface area (Å²) in [7, 11) is 0. The van der Waals surface area contributed by atoms with E-state index in [2.05, 4.69) is 15.2 Å². The molecule has 21 heavy (non-hydrogen) atoms. The second-order valence-electron chi connectivity index (χ2n) is 5.62. The van der Waals surface area contributed by atoms with Gasteiger partial charge in [-0.25, -0.2) is 9.67 Å². The highest BCUT2D eigenvalue weighted by Crippen LogP contribution is 2.22. The van der Waals surface area contributed by atoms with Gasteiger partial charge in [0.05, 0.1) is 18.8 Å². The van der Waals surface area contributed by atoms with Gasteiger partial charge in [-0.1, -0.05) is 0 Å². The van der Waals surface area contributed by atoms with Crippen LogP contribution in [0.25, 0.3) is 0 Å². The molecule has 7 heteroatoms. The third-order valence-corrected chi connectivity index (χ3v) is 4.01. The molecule has 0 aliphatic carbocycles. The molecule has 3 rings (SSSR count). The summed E-state index contributed by atoms with van der Waals surface area (Å²) in [5, 5.41) is 8.38. The molecular weight excluding hydrogens is 268 g/mol. The molecule has 1 aliphatic heterocycles.